The van der Waals surface area contributed by atoms with E-state index in [1.165, 1.54) is 0 Å². The number of nitrogens with one attached hydrogen (secondary N) is 1. The number of nitrogens with zero attached hydrogens (tertiary/aromatic N) is 1. The maximum atomic E-state index is 13.5. The van der Waals surface area contributed by atoms with E-state index in [-0.39, 0.29) is 31.5 Å². The normalized spacial score (nSPS) is 26.2. The molecule has 0 bridgehead atoms. The summed E-state index contributed by atoms with van der Waals surface area (Å²) < 4.78 is 27.1. The Bertz CT molecular complexity index is 298. The van der Waals surface area contributed by atoms with E-state index >= 15 is 0 Å². The molecule has 3 nitrogen and oxygen atoms in total. The lowest BCUT2D eigenvalue weighted by atomic mass is 9.76. The Kier molecular flexibility index (Phi) is 2.69. The predicted molar refractivity (Wildman–Crippen MR) is 56.3 cm³/mol. The molecule has 92 valence electrons. The van der Waals surface area contributed by atoms with Gasteiger partial charge in [0.15, 0.2) is 0 Å². The van der Waals surface area contributed by atoms with Gasteiger partial charge in [-0.25, -0.2) is 8.78 Å². The van der Waals surface area contributed by atoms with Gasteiger partial charge in [-0.05, 0) is 5.92 Å². The average Bonchev–Trinajstić information content (AvgIpc) is 2.36. The Hall–Kier alpha value is -0.710. The molecule has 2 rings (SSSR count). The van der Waals surface area contributed by atoms with Crippen molar-refractivity contribution in [3.05, 3.63) is 0 Å². The van der Waals surface area contributed by atoms with E-state index in [9.17, 15) is 13.6 Å². The molecule has 0 atom stereocenters. The number of carbonyl (C=O) groups is 1. The van der Waals surface area contributed by atoms with Gasteiger partial charge in [0.05, 0.1) is 12.0 Å². The van der Waals surface area contributed by atoms with Gasteiger partial charge in [0.1, 0.15) is 0 Å². The maximum Gasteiger partial charge on any atom is 0.270 e. The first kappa shape index (κ1) is 11.8. The van der Waals surface area contributed by atoms with Crippen LogP contribution in [0.25, 0.3) is 0 Å². The molecule has 5 heteroatoms. The molecule has 1 amide bonds. The molecular formula is C11H18F2N2O. The zero-order valence-electron chi connectivity index (χ0n) is 9.72. The van der Waals surface area contributed by atoms with Crippen LogP contribution >= 0.6 is 0 Å². The molecule has 2 saturated heterocycles. The fourth-order valence-corrected chi connectivity index (χ4v) is 2.46. The van der Waals surface area contributed by atoms with Gasteiger partial charge in [0, 0.05) is 26.1 Å². The fraction of sp³-hybridized carbons (Fsp3) is 0.909. The van der Waals surface area contributed by atoms with E-state index in [0.29, 0.717) is 13.0 Å². The lowest BCUT2D eigenvalue weighted by Gasteiger charge is -2.50. The van der Waals surface area contributed by atoms with E-state index in [2.05, 4.69) is 5.32 Å². The third-order valence-electron chi connectivity index (χ3n) is 3.51. The van der Waals surface area contributed by atoms with Crippen molar-refractivity contribution in [3.63, 3.8) is 0 Å². The van der Waals surface area contributed by atoms with E-state index in [1.807, 2.05) is 13.8 Å². The van der Waals surface area contributed by atoms with Crippen LogP contribution in [0, 0.1) is 11.3 Å². The van der Waals surface area contributed by atoms with Crippen LogP contribution in [-0.4, -0.2) is 42.9 Å². The van der Waals surface area contributed by atoms with E-state index in [0.717, 1.165) is 0 Å². The Morgan fingerprint density at radius 3 is 2.44 bits per heavy atom. The zero-order valence-corrected chi connectivity index (χ0v) is 9.72. The predicted octanol–water partition coefficient (Wildman–Crippen LogP) is 1.10. The van der Waals surface area contributed by atoms with Crippen molar-refractivity contribution in [2.24, 2.45) is 11.3 Å². The van der Waals surface area contributed by atoms with E-state index in [4.69, 9.17) is 0 Å². The van der Waals surface area contributed by atoms with Gasteiger partial charge in [0.25, 0.3) is 5.92 Å². The summed E-state index contributed by atoms with van der Waals surface area (Å²) in [5.41, 5.74) is -0.986. The summed E-state index contributed by atoms with van der Waals surface area (Å²) in [6.07, 6.45) is 0.453. The molecule has 1 spiro atoms. The van der Waals surface area contributed by atoms with Crippen LogP contribution in [0.5, 0.6) is 0 Å². The van der Waals surface area contributed by atoms with Gasteiger partial charge >= 0.3 is 0 Å². The summed E-state index contributed by atoms with van der Waals surface area (Å²) in [6.45, 7) is 4.40. The number of hydrogen-bond donors (Lipinski definition) is 1. The number of amides is 1. The second-order valence-electron chi connectivity index (χ2n) is 5.44. The molecule has 0 aliphatic carbocycles. The van der Waals surface area contributed by atoms with Gasteiger partial charge in [0.2, 0.25) is 5.91 Å². The molecule has 0 aromatic rings. The van der Waals surface area contributed by atoms with Crippen LogP contribution in [0.1, 0.15) is 20.3 Å². The monoisotopic (exact) mass is 232 g/mol. The summed E-state index contributed by atoms with van der Waals surface area (Å²) in [5, 5.41) is 2.72. The van der Waals surface area contributed by atoms with Crippen molar-refractivity contribution in [1.29, 1.82) is 0 Å². The molecule has 0 radical (unpaired) electrons. The third kappa shape index (κ3) is 1.71. The van der Waals surface area contributed by atoms with Crippen LogP contribution in [0.4, 0.5) is 8.78 Å². The first-order chi connectivity index (χ1) is 7.36. The molecule has 2 aliphatic heterocycles. The van der Waals surface area contributed by atoms with Crippen molar-refractivity contribution >= 4 is 5.91 Å². The zero-order chi connectivity index (χ0) is 12.0. The second kappa shape index (κ2) is 3.65. The smallest absolute Gasteiger partial charge is 0.270 e. The maximum absolute atomic E-state index is 13.5. The van der Waals surface area contributed by atoms with E-state index < -0.39 is 11.3 Å². The first-order valence-electron chi connectivity index (χ1n) is 5.73. The fourth-order valence-electron chi connectivity index (χ4n) is 2.46. The minimum absolute atomic E-state index is 0.00308. The molecule has 2 fully saturated rings. The van der Waals surface area contributed by atoms with Gasteiger partial charge in [-0.3, -0.25) is 4.79 Å². The lowest BCUT2D eigenvalue weighted by Crippen LogP contribution is -2.65. The third-order valence-corrected chi connectivity index (χ3v) is 3.51. The van der Waals surface area contributed by atoms with Gasteiger partial charge in [-0.1, -0.05) is 13.8 Å². The highest BCUT2D eigenvalue weighted by molar-refractivity contribution is 5.77. The SMILES string of the molecule is CC(C)CC(=O)N1CC2(CNCC2(F)F)C1. The van der Waals surface area contributed by atoms with Gasteiger partial charge in [-0.2, -0.15) is 0 Å². The van der Waals surface area contributed by atoms with Crippen LogP contribution in [0.2, 0.25) is 0 Å². The lowest BCUT2D eigenvalue weighted by molar-refractivity contribution is -0.174. The Morgan fingerprint density at radius 1 is 1.38 bits per heavy atom. The highest BCUT2D eigenvalue weighted by Gasteiger charge is 2.63. The largest absolute Gasteiger partial charge is 0.341 e. The molecule has 1 N–H and O–H groups in total. The number of rotatable bonds is 2. The Balaban J connectivity index is 1.92. The van der Waals surface area contributed by atoms with Crippen molar-refractivity contribution in [2.75, 3.05) is 26.2 Å². The summed E-state index contributed by atoms with van der Waals surface area (Å²) in [5.74, 6) is -2.38. The van der Waals surface area contributed by atoms with Crippen molar-refractivity contribution < 1.29 is 13.6 Å². The Morgan fingerprint density at radius 2 is 2.00 bits per heavy atom. The van der Waals surface area contributed by atoms with Crippen molar-refractivity contribution in [1.82, 2.24) is 10.2 Å². The molecule has 2 heterocycles. The number of alkyl halides is 2. The topological polar surface area (TPSA) is 32.3 Å². The number of likely N-dealkylation sites (tertiary alicyclic amines) is 1. The number of carbonyl (C=O) groups excluding carboxylic acids is 1. The average molecular weight is 232 g/mol. The molecule has 0 aromatic heterocycles. The highest BCUT2D eigenvalue weighted by atomic mass is 19.3. The van der Waals surface area contributed by atoms with Gasteiger partial charge < -0.3 is 10.2 Å². The number of halogens is 2. The summed E-state index contributed by atoms with van der Waals surface area (Å²) in [6, 6.07) is 0. The molecule has 0 aromatic carbocycles. The first-order valence-corrected chi connectivity index (χ1v) is 5.73. The summed E-state index contributed by atoms with van der Waals surface area (Å²) in [4.78, 5) is 13.2. The standard InChI is InChI=1S/C11H18F2N2O/c1-8(2)3-9(16)15-6-10(7-15)4-14-5-11(10,12)13/h8,14H,3-7H2,1-2H3. The molecule has 0 unspecified atom stereocenters. The highest BCUT2D eigenvalue weighted by Crippen LogP contribution is 2.46. The summed E-state index contributed by atoms with van der Waals surface area (Å²) in [7, 11) is 0. The minimum Gasteiger partial charge on any atom is -0.341 e. The van der Waals surface area contributed by atoms with Crippen LogP contribution in [-0.2, 0) is 4.79 Å². The van der Waals surface area contributed by atoms with Gasteiger partial charge in [-0.15, -0.1) is 0 Å². The summed E-state index contributed by atoms with van der Waals surface area (Å²) >= 11 is 0. The molecule has 16 heavy (non-hydrogen) atoms. The second-order valence-corrected chi connectivity index (χ2v) is 5.44. The van der Waals surface area contributed by atoms with Crippen LogP contribution < -0.4 is 5.32 Å². The van der Waals surface area contributed by atoms with Crippen molar-refractivity contribution in [2.45, 2.75) is 26.2 Å². The van der Waals surface area contributed by atoms with Crippen molar-refractivity contribution in [3.8, 4) is 0 Å². The molecule has 0 saturated carbocycles. The molecular weight excluding hydrogens is 214 g/mol. The number of hydrogen-bond acceptors (Lipinski definition) is 2. The molecule has 2 aliphatic rings. The minimum atomic E-state index is -2.67. The van der Waals surface area contributed by atoms with Crippen LogP contribution in [0.15, 0.2) is 0 Å². The Labute approximate surface area is 94.2 Å². The quantitative estimate of drug-likeness (QED) is 0.773. The van der Waals surface area contributed by atoms with E-state index in [1.54, 1.807) is 4.90 Å². The van der Waals surface area contributed by atoms with Crippen LogP contribution in [0.3, 0.4) is 0 Å².